The van der Waals surface area contributed by atoms with E-state index >= 15 is 0 Å². The van der Waals surface area contributed by atoms with E-state index in [1.165, 1.54) is 12.1 Å². The topological polar surface area (TPSA) is 55.4 Å². The molecule has 0 aliphatic heterocycles. The molecule has 5 heteroatoms. The Hall–Kier alpha value is -1.91. The second-order valence-electron chi connectivity index (χ2n) is 2.71. The Morgan fingerprint density at radius 1 is 1.33 bits per heavy atom. The van der Waals surface area contributed by atoms with Crippen LogP contribution >= 0.6 is 0 Å². The number of carbonyl (C=O) groups is 2. The Morgan fingerprint density at radius 2 is 1.93 bits per heavy atom. The molecule has 4 nitrogen and oxygen atoms in total. The maximum Gasteiger partial charge on any atom is 0.415 e. The van der Waals surface area contributed by atoms with Gasteiger partial charge in [0.25, 0.3) is 0 Å². The quantitative estimate of drug-likeness (QED) is 0.598. The summed E-state index contributed by atoms with van der Waals surface area (Å²) in [4.78, 5) is 22.1. The number of hydrogen-bond acceptors (Lipinski definition) is 3. The summed E-state index contributed by atoms with van der Waals surface area (Å²) in [6.07, 6.45) is -0.813. The molecule has 0 spiro atoms. The van der Waals surface area contributed by atoms with Gasteiger partial charge in [0.05, 0.1) is 5.56 Å². The van der Waals surface area contributed by atoms with E-state index in [0.29, 0.717) is 6.54 Å². The van der Waals surface area contributed by atoms with Gasteiger partial charge in [-0.15, -0.1) is 0 Å². The third-order valence-corrected chi connectivity index (χ3v) is 1.59. The average molecular weight is 211 g/mol. The largest absolute Gasteiger partial charge is 0.415 e. The van der Waals surface area contributed by atoms with Gasteiger partial charge in [0.15, 0.2) is 0 Å². The Labute approximate surface area is 86.0 Å². The minimum Gasteiger partial charge on any atom is -0.373 e. The van der Waals surface area contributed by atoms with Gasteiger partial charge in [-0.1, -0.05) is 0 Å². The van der Waals surface area contributed by atoms with E-state index in [1.54, 1.807) is 6.92 Å². The molecule has 80 valence electrons. The van der Waals surface area contributed by atoms with Crippen LogP contribution in [0.3, 0.4) is 0 Å². The van der Waals surface area contributed by atoms with Crippen LogP contribution in [0.4, 0.5) is 9.18 Å². The van der Waals surface area contributed by atoms with Crippen LogP contribution in [0, 0.1) is 5.82 Å². The van der Waals surface area contributed by atoms with Crippen molar-refractivity contribution in [3.8, 4) is 0 Å². The lowest BCUT2D eigenvalue weighted by atomic mass is 10.2. The molecular formula is C10H10FNO3. The lowest BCUT2D eigenvalue weighted by molar-refractivity contribution is 0.0623. The predicted octanol–water partition coefficient (Wildman–Crippen LogP) is 1.71. The van der Waals surface area contributed by atoms with Crippen molar-refractivity contribution in [3.05, 3.63) is 35.6 Å². The standard InChI is InChI=1S/C10H10FNO3/c1-2-12-10(14)15-9(13)7-3-5-8(11)6-4-7/h3-6H,2H2,1H3,(H,12,14). The highest BCUT2D eigenvalue weighted by molar-refractivity contribution is 5.96. The first kappa shape index (κ1) is 11.2. The number of esters is 1. The van der Waals surface area contributed by atoms with Crippen LogP contribution in [0.15, 0.2) is 24.3 Å². The van der Waals surface area contributed by atoms with Crippen molar-refractivity contribution in [3.63, 3.8) is 0 Å². The van der Waals surface area contributed by atoms with Gasteiger partial charge < -0.3 is 10.1 Å². The molecule has 0 aliphatic carbocycles. The first-order valence-corrected chi connectivity index (χ1v) is 4.39. The summed E-state index contributed by atoms with van der Waals surface area (Å²) >= 11 is 0. The zero-order valence-corrected chi connectivity index (χ0v) is 8.12. The van der Waals surface area contributed by atoms with Gasteiger partial charge in [0.2, 0.25) is 0 Å². The van der Waals surface area contributed by atoms with Crippen molar-refractivity contribution >= 4 is 12.1 Å². The summed E-state index contributed by atoms with van der Waals surface area (Å²) in [6, 6.07) is 4.73. The molecule has 0 heterocycles. The van der Waals surface area contributed by atoms with E-state index in [0.717, 1.165) is 12.1 Å². The molecular weight excluding hydrogens is 201 g/mol. The number of alkyl carbamates (subject to hydrolysis) is 1. The number of carbonyl (C=O) groups excluding carboxylic acids is 2. The molecule has 0 atom stereocenters. The van der Waals surface area contributed by atoms with E-state index in [4.69, 9.17) is 0 Å². The average Bonchev–Trinajstić information content (AvgIpc) is 2.18. The summed E-state index contributed by atoms with van der Waals surface area (Å²) in [5.41, 5.74) is 0.127. The summed E-state index contributed by atoms with van der Waals surface area (Å²) in [5, 5.41) is 2.30. The van der Waals surface area contributed by atoms with E-state index in [2.05, 4.69) is 10.1 Å². The summed E-state index contributed by atoms with van der Waals surface area (Å²) in [7, 11) is 0. The summed E-state index contributed by atoms with van der Waals surface area (Å²) in [6.45, 7) is 2.07. The van der Waals surface area contributed by atoms with Crippen molar-refractivity contribution in [1.82, 2.24) is 5.32 Å². The monoisotopic (exact) mass is 211 g/mol. The molecule has 0 aliphatic rings. The lowest BCUT2D eigenvalue weighted by Gasteiger charge is -2.02. The van der Waals surface area contributed by atoms with E-state index in [1.807, 2.05) is 0 Å². The van der Waals surface area contributed by atoms with Gasteiger partial charge in [-0.2, -0.15) is 0 Å². The van der Waals surface area contributed by atoms with E-state index in [-0.39, 0.29) is 5.56 Å². The first-order chi connectivity index (χ1) is 7.13. The van der Waals surface area contributed by atoms with Gasteiger partial charge in [0.1, 0.15) is 5.82 Å². The van der Waals surface area contributed by atoms with Gasteiger partial charge in [0, 0.05) is 6.54 Å². The molecule has 0 unspecified atom stereocenters. The molecule has 0 saturated carbocycles. The molecule has 1 aromatic carbocycles. The van der Waals surface area contributed by atoms with Crippen molar-refractivity contribution in [2.75, 3.05) is 6.54 Å². The van der Waals surface area contributed by atoms with Crippen molar-refractivity contribution in [1.29, 1.82) is 0 Å². The van der Waals surface area contributed by atoms with Crippen molar-refractivity contribution < 1.29 is 18.7 Å². The minimum atomic E-state index is -0.813. The zero-order chi connectivity index (χ0) is 11.3. The lowest BCUT2D eigenvalue weighted by Crippen LogP contribution is -2.26. The Bertz CT molecular complexity index is 361. The van der Waals surface area contributed by atoms with Gasteiger partial charge in [-0.25, -0.2) is 14.0 Å². The SMILES string of the molecule is CCNC(=O)OC(=O)c1ccc(F)cc1. The van der Waals surface area contributed by atoms with E-state index in [9.17, 15) is 14.0 Å². The van der Waals surface area contributed by atoms with Crippen LogP contribution in [0.25, 0.3) is 0 Å². The van der Waals surface area contributed by atoms with Crippen molar-refractivity contribution in [2.24, 2.45) is 0 Å². The summed E-state index contributed by atoms with van der Waals surface area (Å²) in [5.74, 6) is -1.26. The van der Waals surface area contributed by atoms with Gasteiger partial charge >= 0.3 is 12.1 Å². The molecule has 0 radical (unpaired) electrons. The molecule has 0 saturated heterocycles. The molecule has 1 N–H and O–H groups in total. The van der Waals surface area contributed by atoms with Gasteiger partial charge in [-0.05, 0) is 31.2 Å². The number of amides is 1. The van der Waals surface area contributed by atoms with Crippen LogP contribution in [0.1, 0.15) is 17.3 Å². The van der Waals surface area contributed by atoms with Crippen LogP contribution < -0.4 is 5.32 Å². The second-order valence-corrected chi connectivity index (χ2v) is 2.71. The Balaban J connectivity index is 2.61. The number of halogens is 1. The highest BCUT2D eigenvalue weighted by atomic mass is 19.1. The highest BCUT2D eigenvalue weighted by Crippen LogP contribution is 2.04. The zero-order valence-electron chi connectivity index (χ0n) is 8.12. The Kier molecular flexibility index (Phi) is 3.79. The third-order valence-electron chi connectivity index (χ3n) is 1.59. The van der Waals surface area contributed by atoms with Crippen LogP contribution in [-0.4, -0.2) is 18.6 Å². The number of nitrogens with one attached hydrogen (secondary N) is 1. The van der Waals surface area contributed by atoms with Crippen LogP contribution in [0.2, 0.25) is 0 Å². The number of benzene rings is 1. The van der Waals surface area contributed by atoms with Gasteiger partial charge in [-0.3, -0.25) is 0 Å². The Morgan fingerprint density at radius 3 is 2.47 bits per heavy atom. The van der Waals surface area contributed by atoms with Crippen LogP contribution in [0.5, 0.6) is 0 Å². The molecule has 0 bridgehead atoms. The molecule has 0 fully saturated rings. The van der Waals surface area contributed by atoms with Crippen molar-refractivity contribution in [2.45, 2.75) is 6.92 Å². The normalized spacial score (nSPS) is 9.47. The maximum atomic E-state index is 12.5. The molecule has 0 aromatic heterocycles. The number of ether oxygens (including phenoxy) is 1. The fraction of sp³-hybridized carbons (Fsp3) is 0.200. The number of hydrogen-bond donors (Lipinski definition) is 1. The molecule has 1 rings (SSSR count). The maximum absolute atomic E-state index is 12.5. The molecule has 1 aromatic rings. The first-order valence-electron chi connectivity index (χ1n) is 4.39. The number of rotatable bonds is 2. The molecule has 1 amide bonds. The second kappa shape index (κ2) is 5.09. The van der Waals surface area contributed by atoms with E-state index < -0.39 is 17.9 Å². The summed E-state index contributed by atoms with van der Waals surface area (Å²) < 4.78 is 16.9. The smallest absolute Gasteiger partial charge is 0.373 e. The highest BCUT2D eigenvalue weighted by Gasteiger charge is 2.11. The fourth-order valence-corrected chi connectivity index (χ4v) is 0.910. The third kappa shape index (κ3) is 3.38. The molecule has 15 heavy (non-hydrogen) atoms. The van der Waals surface area contributed by atoms with Crippen LogP contribution in [-0.2, 0) is 4.74 Å². The fourth-order valence-electron chi connectivity index (χ4n) is 0.910. The predicted molar refractivity (Wildman–Crippen MR) is 50.9 cm³/mol. The minimum absolute atomic E-state index is 0.127.